The highest BCUT2D eigenvalue weighted by Crippen LogP contribution is 2.18. The van der Waals surface area contributed by atoms with Crippen LogP contribution < -0.4 is 0 Å². The van der Waals surface area contributed by atoms with Gasteiger partial charge in [-0.05, 0) is 17.7 Å². The average molecular weight is 349 g/mol. The number of H-pyrrole nitrogens is 1. The minimum Gasteiger partial charge on any atom is -0.378 e. The fraction of sp³-hybridized carbons (Fsp3) is 0.250. The molecule has 0 atom stereocenters. The Labute approximate surface area is 150 Å². The third kappa shape index (κ3) is 3.36. The molecule has 3 heterocycles. The number of aromatic amines is 1. The largest absolute Gasteiger partial charge is 0.378 e. The topological polar surface area (TPSA) is 75.3 Å². The van der Waals surface area contributed by atoms with Gasteiger partial charge >= 0.3 is 0 Å². The van der Waals surface area contributed by atoms with Crippen LogP contribution in [0, 0.1) is 0 Å². The third-order valence-corrected chi connectivity index (χ3v) is 4.52. The minimum absolute atomic E-state index is 0.0480. The van der Waals surface area contributed by atoms with Gasteiger partial charge in [-0.2, -0.15) is 0 Å². The standard InChI is InChI=1S/C20H19N3O3/c24-18(15-4-2-1-3-5-15)11-14-10-16-12-17(22-19(16)21-13-14)20(25)23-6-8-26-9-7-23/h1-5,10,12-13H,6-9,11H2,(H,21,22). The highest BCUT2D eigenvalue weighted by atomic mass is 16.5. The van der Waals surface area contributed by atoms with Crippen LogP contribution in [-0.4, -0.2) is 52.9 Å². The Kier molecular flexibility index (Phi) is 4.50. The van der Waals surface area contributed by atoms with Gasteiger partial charge < -0.3 is 14.6 Å². The Bertz CT molecular complexity index is 943. The van der Waals surface area contributed by atoms with Crippen molar-refractivity contribution < 1.29 is 14.3 Å². The lowest BCUT2D eigenvalue weighted by Crippen LogP contribution is -2.40. The number of hydrogen-bond acceptors (Lipinski definition) is 4. The van der Waals surface area contributed by atoms with Crippen molar-refractivity contribution in [2.45, 2.75) is 6.42 Å². The number of morpholine rings is 1. The molecule has 1 fully saturated rings. The number of nitrogens with zero attached hydrogens (tertiary/aromatic N) is 2. The second-order valence-corrected chi connectivity index (χ2v) is 6.33. The van der Waals surface area contributed by atoms with Gasteiger partial charge in [0, 0.05) is 36.7 Å². The molecule has 1 aliphatic rings. The Morgan fingerprint density at radius 1 is 1.12 bits per heavy atom. The summed E-state index contributed by atoms with van der Waals surface area (Å²) in [6.07, 6.45) is 1.97. The lowest BCUT2D eigenvalue weighted by atomic mass is 10.0. The van der Waals surface area contributed by atoms with Crippen molar-refractivity contribution in [2.24, 2.45) is 0 Å². The first-order valence-electron chi connectivity index (χ1n) is 8.63. The number of aromatic nitrogens is 2. The Balaban J connectivity index is 1.54. The van der Waals surface area contributed by atoms with Crippen molar-refractivity contribution in [2.75, 3.05) is 26.3 Å². The molecule has 132 valence electrons. The molecule has 26 heavy (non-hydrogen) atoms. The van der Waals surface area contributed by atoms with Gasteiger partial charge in [-0.3, -0.25) is 9.59 Å². The maximum atomic E-state index is 12.6. The quantitative estimate of drug-likeness (QED) is 0.734. The summed E-state index contributed by atoms with van der Waals surface area (Å²) >= 11 is 0. The highest BCUT2D eigenvalue weighted by molar-refractivity contribution is 5.99. The first-order chi connectivity index (χ1) is 12.7. The van der Waals surface area contributed by atoms with Crippen LogP contribution in [0.25, 0.3) is 11.0 Å². The Morgan fingerprint density at radius 2 is 1.88 bits per heavy atom. The van der Waals surface area contributed by atoms with E-state index >= 15 is 0 Å². The van der Waals surface area contributed by atoms with E-state index in [2.05, 4.69) is 9.97 Å². The molecule has 1 aliphatic heterocycles. The monoisotopic (exact) mass is 349 g/mol. The number of rotatable bonds is 4. The van der Waals surface area contributed by atoms with Gasteiger partial charge in [0.2, 0.25) is 0 Å². The van der Waals surface area contributed by atoms with Crippen LogP contribution in [0.15, 0.2) is 48.7 Å². The maximum Gasteiger partial charge on any atom is 0.270 e. The first kappa shape index (κ1) is 16.5. The SMILES string of the molecule is O=C(Cc1cnc2[nH]c(C(=O)N3CCOCC3)cc2c1)c1ccccc1. The van der Waals surface area contributed by atoms with E-state index in [4.69, 9.17) is 4.74 Å². The minimum atomic E-state index is -0.0480. The van der Waals surface area contributed by atoms with E-state index in [1.54, 1.807) is 17.2 Å². The summed E-state index contributed by atoms with van der Waals surface area (Å²) in [5.41, 5.74) is 2.68. The molecule has 0 spiro atoms. The smallest absolute Gasteiger partial charge is 0.270 e. The van der Waals surface area contributed by atoms with Gasteiger partial charge in [-0.1, -0.05) is 30.3 Å². The van der Waals surface area contributed by atoms with Gasteiger partial charge in [0.05, 0.1) is 13.2 Å². The summed E-state index contributed by atoms with van der Waals surface area (Å²) < 4.78 is 5.29. The maximum absolute atomic E-state index is 12.6. The van der Waals surface area contributed by atoms with Crippen LogP contribution in [0.5, 0.6) is 0 Å². The molecular formula is C20H19N3O3. The molecule has 0 saturated carbocycles. The number of hydrogen-bond donors (Lipinski definition) is 1. The van der Waals surface area contributed by atoms with E-state index in [1.807, 2.05) is 36.4 Å². The second kappa shape index (κ2) is 7.09. The molecule has 4 rings (SSSR count). The van der Waals surface area contributed by atoms with Gasteiger partial charge in [-0.25, -0.2) is 4.98 Å². The van der Waals surface area contributed by atoms with Gasteiger partial charge in [-0.15, -0.1) is 0 Å². The predicted octanol–water partition coefficient (Wildman–Crippen LogP) is 2.46. The number of amides is 1. The van der Waals surface area contributed by atoms with Crippen molar-refractivity contribution >= 4 is 22.7 Å². The molecule has 1 saturated heterocycles. The molecule has 0 aliphatic carbocycles. The van der Waals surface area contributed by atoms with Crippen LogP contribution in [0.4, 0.5) is 0 Å². The van der Waals surface area contributed by atoms with E-state index in [0.717, 1.165) is 10.9 Å². The average Bonchev–Trinajstić information content (AvgIpc) is 3.12. The number of ether oxygens (including phenoxy) is 1. The Morgan fingerprint density at radius 3 is 2.65 bits per heavy atom. The van der Waals surface area contributed by atoms with E-state index in [-0.39, 0.29) is 18.1 Å². The van der Waals surface area contributed by atoms with E-state index < -0.39 is 0 Å². The summed E-state index contributed by atoms with van der Waals surface area (Å²) in [4.78, 5) is 34.2. The zero-order chi connectivity index (χ0) is 17.9. The van der Waals surface area contributed by atoms with Crippen LogP contribution >= 0.6 is 0 Å². The molecule has 6 nitrogen and oxygen atoms in total. The summed E-state index contributed by atoms with van der Waals surface area (Å²) in [5, 5.41) is 0.833. The molecule has 3 aromatic rings. The predicted molar refractivity (Wildman–Crippen MR) is 97.3 cm³/mol. The van der Waals surface area contributed by atoms with Crippen LogP contribution in [0.3, 0.4) is 0 Å². The van der Waals surface area contributed by atoms with Crippen LogP contribution in [-0.2, 0) is 11.2 Å². The highest BCUT2D eigenvalue weighted by Gasteiger charge is 2.20. The molecule has 0 bridgehead atoms. The molecular weight excluding hydrogens is 330 g/mol. The Hall–Kier alpha value is -2.99. The molecule has 2 aromatic heterocycles. The third-order valence-electron chi connectivity index (χ3n) is 4.52. The molecule has 1 amide bonds. The number of carbonyl (C=O) groups excluding carboxylic acids is 2. The van der Waals surface area contributed by atoms with Crippen LogP contribution in [0.2, 0.25) is 0 Å². The number of ketones is 1. The molecule has 0 radical (unpaired) electrons. The molecule has 0 unspecified atom stereocenters. The fourth-order valence-corrected chi connectivity index (χ4v) is 3.12. The van der Waals surface area contributed by atoms with E-state index in [9.17, 15) is 9.59 Å². The van der Waals surface area contributed by atoms with Crippen molar-refractivity contribution in [1.82, 2.24) is 14.9 Å². The lowest BCUT2D eigenvalue weighted by molar-refractivity contribution is 0.0299. The van der Waals surface area contributed by atoms with Crippen molar-refractivity contribution in [1.29, 1.82) is 0 Å². The lowest BCUT2D eigenvalue weighted by Gasteiger charge is -2.26. The molecule has 1 aromatic carbocycles. The number of carbonyl (C=O) groups is 2. The van der Waals surface area contributed by atoms with Crippen molar-refractivity contribution in [3.63, 3.8) is 0 Å². The van der Waals surface area contributed by atoms with Crippen molar-refractivity contribution in [3.05, 3.63) is 65.5 Å². The molecule has 1 N–H and O–H groups in total. The zero-order valence-corrected chi connectivity index (χ0v) is 14.3. The number of Topliss-reactive ketones (excluding diaryl/α,β-unsaturated/α-hetero) is 1. The number of nitrogens with one attached hydrogen (secondary N) is 1. The summed E-state index contributed by atoms with van der Waals surface area (Å²) in [6, 6.07) is 12.9. The fourth-order valence-electron chi connectivity index (χ4n) is 3.12. The number of pyridine rings is 1. The van der Waals surface area contributed by atoms with Crippen molar-refractivity contribution in [3.8, 4) is 0 Å². The van der Waals surface area contributed by atoms with Gasteiger partial charge in [0.15, 0.2) is 5.78 Å². The summed E-state index contributed by atoms with van der Waals surface area (Å²) in [6.45, 7) is 2.32. The van der Waals surface area contributed by atoms with Gasteiger partial charge in [0.25, 0.3) is 5.91 Å². The van der Waals surface area contributed by atoms with E-state index in [0.29, 0.717) is 43.2 Å². The first-order valence-corrected chi connectivity index (χ1v) is 8.63. The van der Waals surface area contributed by atoms with E-state index in [1.165, 1.54) is 0 Å². The zero-order valence-electron chi connectivity index (χ0n) is 14.3. The van der Waals surface area contributed by atoms with Crippen LogP contribution in [0.1, 0.15) is 26.4 Å². The number of fused-ring (bicyclic) bond motifs is 1. The van der Waals surface area contributed by atoms with Gasteiger partial charge in [0.1, 0.15) is 11.3 Å². The normalized spacial score (nSPS) is 14.5. The summed E-state index contributed by atoms with van der Waals surface area (Å²) in [7, 11) is 0. The summed E-state index contributed by atoms with van der Waals surface area (Å²) in [5.74, 6) is 0.000106. The number of benzene rings is 1. The second-order valence-electron chi connectivity index (χ2n) is 6.33. The molecule has 6 heteroatoms.